The van der Waals surface area contributed by atoms with Crippen LogP contribution in [0.25, 0.3) is 0 Å². The summed E-state index contributed by atoms with van der Waals surface area (Å²) in [5.74, 6) is 0.551. The van der Waals surface area contributed by atoms with Crippen LogP contribution in [-0.2, 0) is 0 Å². The third-order valence-corrected chi connectivity index (χ3v) is 2.15. The molecule has 4 nitrogen and oxygen atoms in total. The molecule has 0 saturated heterocycles. The molecule has 0 radical (unpaired) electrons. The number of nitriles is 1. The van der Waals surface area contributed by atoms with Gasteiger partial charge in [-0.15, -0.1) is 0 Å². The van der Waals surface area contributed by atoms with Crippen LogP contribution in [0.2, 0.25) is 0 Å². The number of nitrogens with zero attached hydrogens (tertiary/aromatic N) is 1. The van der Waals surface area contributed by atoms with Crippen molar-refractivity contribution in [2.45, 2.75) is 32.2 Å². The van der Waals surface area contributed by atoms with Gasteiger partial charge in [0.25, 0.3) is 0 Å². The van der Waals surface area contributed by atoms with Crippen LogP contribution in [0.4, 0.5) is 0 Å². The van der Waals surface area contributed by atoms with Gasteiger partial charge in [0.05, 0.1) is 6.07 Å². The van der Waals surface area contributed by atoms with Crippen molar-refractivity contribution >= 4 is 0 Å². The lowest BCUT2D eigenvalue weighted by molar-refractivity contribution is 0.426. The fourth-order valence-electron chi connectivity index (χ4n) is 1.42. The lowest BCUT2D eigenvalue weighted by Gasteiger charge is -2.16. The molecule has 0 aromatic carbocycles. The molecule has 0 amide bonds. The molecule has 0 aromatic rings. The smallest absolute Gasteiger partial charge is 0.0635 e. The van der Waals surface area contributed by atoms with E-state index in [4.69, 9.17) is 16.7 Å². The Morgan fingerprint density at radius 2 is 2.21 bits per heavy atom. The van der Waals surface area contributed by atoms with E-state index >= 15 is 0 Å². The van der Waals surface area contributed by atoms with Crippen molar-refractivity contribution in [2.75, 3.05) is 19.6 Å². The SMILES string of the molecule is CC(CNCCC#N)CC(N)CCN. The first-order valence-corrected chi connectivity index (χ1v) is 5.24. The van der Waals surface area contributed by atoms with Crippen LogP contribution >= 0.6 is 0 Å². The highest BCUT2D eigenvalue weighted by atomic mass is 14.9. The fourth-order valence-corrected chi connectivity index (χ4v) is 1.42. The minimum Gasteiger partial charge on any atom is -0.330 e. The van der Waals surface area contributed by atoms with Crippen LogP contribution < -0.4 is 16.8 Å². The summed E-state index contributed by atoms with van der Waals surface area (Å²) in [6.07, 6.45) is 2.46. The van der Waals surface area contributed by atoms with Gasteiger partial charge in [0.1, 0.15) is 0 Å². The largest absolute Gasteiger partial charge is 0.330 e. The van der Waals surface area contributed by atoms with Crippen molar-refractivity contribution in [3.05, 3.63) is 0 Å². The summed E-state index contributed by atoms with van der Waals surface area (Å²) < 4.78 is 0. The first-order valence-electron chi connectivity index (χ1n) is 5.24. The van der Waals surface area contributed by atoms with Crippen molar-refractivity contribution in [3.63, 3.8) is 0 Å². The Balaban J connectivity index is 3.36. The second-order valence-corrected chi connectivity index (χ2v) is 3.79. The molecule has 0 heterocycles. The molecule has 0 spiro atoms. The molecular formula is C10H22N4. The summed E-state index contributed by atoms with van der Waals surface area (Å²) in [6.45, 7) is 4.53. The Bertz CT molecular complexity index is 164. The maximum Gasteiger partial charge on any atom is 0.0635 e. The molecule has 0 fully saturated rings. The van der Waals surface area contributed by atoms with Gasteiger partial charge in [-0.2, -0.15) is 5.26 Å². The minimum atomic E-state index is 0.216. The zero-order chi connectivity index (χ0) is 10.8. The molecular weight excluding hydrogens is 176 g/mol. The van der Waals surface area contributed by atoms with E-state index in [1.807, 2.05) is 0 Å². The maximum absolute atomic E-state index is 8.32. The van der Waals surface area contributed by atoms with Crippen LogP contribution in [0.1, 0.15) is 26.2 Å². The highest BCUT2D eigenvalue weighted by Crippen LogP contribution is 2.05. The molecule has 14 heavy (non-hydrogen) atoms. The van der Waals surface area contributed by atoms with Gasteiger partial charge in [-0.1, -0.05) is 6.92 Å². The van der Waals surface area contributed by atoms with Gasteiger partial charge in [0, 0.05) is 19.0 Å². The number of nitrogens with two attached hydrogens (primary N) is 2. The summed E-state index contributed by atoms with van der Waals surface area (Å²) >= 11 is 0. The second-order valence-electron chi connectivity index (χ2n) is 3.79. The molecule has 0 aliphatic rings. The Morgan fingerprint density at radius 3 is 2.79 bits per heavy atom. The predicted octanol–water partition coefficient (Wildman–Crippen LogP) is 0.192. The Labute approximate surface area is 86.6 Å². The van der Waals surface area contributed by atoms with Gasteiger partial charge >= 0.3 is 0 Å². The molecule has 0 saturated carbocycles. The van der Waals surface area contributed by atoms with Crippen molar-refractivity contribution in [1.29, 1.82) is 5.26 Å². The quantitative estimate of drug-likeness (QED) is 0.486. The summed E-state index contributed by atoms with van der Waals surface area (Å²) in [6, 6.07) is 2.31. The van der Waals surface area contributed by atoms with Crippen molar-refractivity contribution in [3.8, 4) is 6.07 Å². The van der Waals surface area contributed by atoms with Gasteiger partial charge < -0.3 is 16.8 Å². The van der Waals surface area contributed by atoms with Crippen molar-refractivity contribution in [1.82, 2.24) is 5.32 Å². The fraction of sp³-hybridized carbons (Fsp3) is 0.900. The second kappa shape index (κ2) is 8.95. The van der Waals surface area contributed by atoms with E-state index in [1.54, 1.807) is 0 Å². The number of hydrogen-bond donors (Lipinski definition) is 3. The van der Waals surface area contributed by atoms with Gasteiger partial charge in [-0.25, -0.2) is 0 Å². The van der Waals surface area contributed by atoms with Crippen molar-refractivity contribution in [2.24, 2.45) is 17.4 Å². The van der Waals surface area contributed by atoms with Crippen LogP contribution in [0.15, 0.2) is 0 Å². The lowest BCUT2D eigenvalue weighted by atomic mass is 10.0. The molecule has 2 unspecified atom stereocenters. The molecule has 4 heteroatoms. The average Bonchev–Trinajstić information content (AvgIpc) is 2.13. The number of hydrogen-bond acceptors (Lipinski definition) is 4. The standard InChI is InChI=1S/C10H22N4/c1-9(7-10(13)3-5-12)8-14-6-2-4-11/h9-10,14H,2-3,5-8,12-13H2,1H3. The third-order valence-electron chi connectivity index (χ3n) is 2.15. The molecule has 0 rings (SSSR count). The topological polar surface area (TPSA) is 87.9 Å². The van der Waals surface area contributed by atoms with Crippen LogP contribution in [-0.4, -0.2) is 25.7 Å². The molecule has 0 aliphatic heterocycles. The highest BCUT2D eigenvalue weighted by Gasteiger charge is 2.07. The Morgan fingerprint density at radius 1 is 1.50 bits per heavy atom. The molecule has 0 aromatic heterocycles. The van der Waals surface area contributed by atoms with Gasteiger partial charge in [-0.05, 0) is 31.8 Å². The molecule has 5 N–H and O–H groups in total. The Kier molecular flexibility index (Phi) is 8.54. The first-order chi connectivity index (χ1) is 6.70. The third kappa shape index (κ3) is 7.99. The summed E-state index contributed by atoms with van der Waals surface area (Å²) in [4.78, 5) is 0. The first kappa shape index (κ1) is 13.4. The number of rotatable bonds is 8. The zero-order valence-electron chi connectivity index (χ0n) is 9.00. The minimum absolute atomic E-state index is 0.216. The van der Waals surface area contributed by atoms with E-state index in [1.165, 1.54) is 0 Å². The van der Waals surface area contributed by atoms with E-state index in [9.17, 15) is 0 Å². The molecule has 2 atom stereocenters. The van der Waals surface area contributed by atoms with Crippen LogP contribution in [0.3, 0.4) is 0 Å². The number of nitrogens with one attached hydrogen (secondary N) is 1. The van der Waals surface area contributed by atoms with Gasteiger partial charge in [-0.3, -0.25) is 0 Å². The summed E-state index contributed by atoms with van der Waals surface area (Å²) in [5.41, 5.74) is 11.3. The van der Waals surface area contributed by atoms with Crippen LogP contribution in [0.5, 0.6) is 0 Å². The van der Waals surface area contributed by atoms with Crippen LogP contribution in [0, 0.1) is 17.2 Å². The van der Waals surface area contributed by atoms with E-state index in [2.05, 4.69) is 18.3 Å². The zero-order valence-corrected chi connectivity index (χ0v) is 9.00. The lowest BCUT2D eigenvalue weighted by Crippen LogP contribution is -2.30. The van der Waals surface area contributed by atoms with E-state index in [-0.39, 0.29) is 6.04 Å². The highest BCUT2D eigenvalue weighted by molar-refractivity contribution is 4.72. The Hall–Kier alpha value is -0.630. The maximum atomic E-state index is 8.32. The molecule has 0 aliphatic carbocycles. The average molecular weight is 198 g/mol. The monoisotopic (exact) mass is 198 g/mol. The molecule has 82 valence electrons. The van der Waals surface area contributed by atoms with E-state index < -0.39 is 0 Å². The molecule has 0 bridgehead atoms. The van der Waals surface area contributed by atoms with Crippen molar-refractivity contribution < 1.29 is 0 Å². The predicted molar refractivity (Wildman–Crippen MR) is 58.5 cm³/mol. The summed E-state index contributed by atoms with van der Waals surface area (Å²) in [7, 11) is 0. The van der Waals surface area contributed by atoms with Gasteiger partial charge in [0.15, 0.2) is 0 Å². The van der Waals surface area contributed by atoms with Gasteiger partial charge in [0.2, 0.25) is 0 Å². The normalized spacial score (nSPS) is 14.7. The van der Waals surface area contributed by atoms with E-state index in [0.717, 1.165) is 25.9 Å². The van der Waals surface area contributed by atoms with E-state index in [0.29, 0.717) is 18.9 Å². The summed E-state index contributed by atoms with van der Waals surface area (Å²) in [5, 5.41) is 11.5.